The highest BCUT2D eigenvalue weighted by molar-refractivity contribution is 6.39. The summed E-state index contributed by atoms with van der Waals surface area (Å²) in [4.78, 5) is 22.6. The quantitative estimate of drug-likeness (QED) is 0.384. The molecule has 0 aliphatic heterocycles. The molecule has 1 heterocycles. The van der Waals surface area contributed by atoms with Crippen LogP contribution in [0.25, 0.3) is 12.2 Å². The van der Waals surface area contributed by atoms with Crippen LogP contribution in [0.4, 0.5) is 11.4 Å². The molecule has 10 heteroatoms. The molecule has 1 amide bonds. The highest BCUT2D eigenvalue weighted by Crippen LogP contribution is 2.29. The van der Waals surface area contributed by atoms with Gasteiger partial charge in [-0.25, -0.2) is 0 Å². The molecule has 0 unspecified atom stereocenters. The number of nitro groups is 1. The molecule has 0 aliphatic carbocycles. The summed E-state index contributed by atoms with van der Waals surface area (Å²) in [6.07, 6.45) is 3.11. The number of hydrogen-bond acceptors (Lipinski definition) is 6. The Hall–Kier alpha value is -3.36. The first-order valence-electron chi connectivity index (χ1n) is 8.60. The Balaban J connectivity index is 1.58. The molecule has 154 valence electrons. The van der Waals surface area contributed by atoms with Gasteiger partial charge in [-0.1, -0.05) is 52.6 Å². The number of carbonyl (C=O) groups is 1. The zero-order valence-corrected chi connectivity index (χ0v) is 17.1. The van der Waals surface area contributed by atoms with Gasteiger partial charge in [0.05, 0.1) is 20.7 Å². The summed E-state index contributed by atoms with van der Waals surface area (Å²) in [7, 11) is 0. The fourth-order valence-electron chi connectivity index (χ4n) is 2.50. The summed E-state index contributed by atoms with van der Waals surface area (Å²) in [5.41, 5.74) is 1.11. The van der Waals surface area contributed by atoms with E-state index >= 15 is 0 Å². The predicted molar refractivity (Wildman–Crippen MR) is 114 cm³/mol. The number of aromatic nitrogens is 1. The van der Waals surface area contributed by atoms with E-state index in [0.717, 1.165) is 5.56 Å². The van der Waals surface area contributed by atoms with Gasteiger partial charge in [-0.05, 0) is 42.8 Å². The monoisotopic (exact) mass is 447 g/mol. The standard InChI is InChI=1S/C20H15Cl2N3O5/c1-12-20(25(27)28)17(30-24-12)10-7-13-5-8-14(9-6-13)29-11-18(26)23-19-15(21)3-2-4-16(19)22/h2-10H,11H2,1H3,(H,23,26)/b10-7+. The fourth-order valence-corrected chi connectivity index (χ4v) is 2.99. The van der Waals surface area contributed by atoms with Gasteiger partial charge >= 0.3 is 5.69 Å². The Morgan fingerprint density at radius 3 is 2.50 bits per heavy atom. The first-order chi connectivity index (χ1) is 14.3. The number of nitrogens with zero attached hydrogens (tertiary/aromatic N) is 2. The molecular formula is C20H15Cl2N3O5. The molecule has 2 aromatic carbocycles. The van der Waals surface area contributed by atoms with Crippen LogP contribution in [0.2, 0.25) is 10.0 Å². The zero-order chi connectivity index (χ0) is 21.7. The normalized spacial score (nSPS) is 10.9. The molecule has 3 aromatic rings. The largest absolute Gasteiger partial charge is 0.484 e. The Bertz CT molecular complexity index is 1090. The SMILES string of the molecule is Cc1noc(/C=C/c2ccc(OCC(=O)Nc3c(Cl)cccc3Cl)cc2)c1[N+](=O)[O-]. The van der Waals surface area contributed by atoms with E-state index in [1.807, 2.05) is 0 Å². The molecule has 0 atom stereocenters. The third-order valence-electron chi connectivity index (χ3n) is 3.94. The van der Waals surface area contributed by atoms with Crippen LogP contribution < -0.4 is 10.1 Å². The van der Waals surface area contributed by atoms with E-state index in [0.29, 0.717) is 21.5 Å². The lowest BCUT2D eigenvalue weighted by Gasteiger charge is -2.10. The molecular weight excluding hydrogens is 433 g/mol. The lowest BCUT2D eigenvalue weighted by Crippen LogP contribution is -2.20. The summed E-state index contributed by atoms with van der Waals surface area (Å²) >= 11 is 12.0. The van der Waals surface area contributed by atoms with Crippen molar-refractivity contribution in [2.24, 2.45) is 0 Å². The molecule has 1 N–H and O–H groups in total. The average Bonchev–Trinajstić information content (AvgIpc) is 3.09. The van der Waals surface area contributed by atoms with Crippen LogP contribution in [0.1, 0.15) is 17.0 Å². The molecule has 0 saturated carbocycles. The van der Waals surface area contributed by atoms with Crippen LogP contribution in [0.15, 0.2) is 47.0 Å². The number of anilines is 1. The topological polar surface area (TPSA) is 108 Å². The molecule has 3 rings (SSSR count). The van der Waals surface area contributed by atoms with Crippen LogP contribution in [-0.4, -0.2) is 22.6 Å². The molecule has 0 bridgehead atoms. The van der Waals surface area contributed by atoms with Crippen molar-refractivity contribution in [1.82, 2.24) is 5.16 Å². The van der Waals surface area contributed by atoms with Gasteiger partial charge in [-0.15, -0.1) is 0 Å². The molecule has 0 spiro atoms. The number of ether oxygens (including phenoxy) is 1. The van der Waals surface area contributed by atoms with E-state index in [-0.39, 0.29) is 23.7 Å². The number of benzene rings is 2. The number of amides is 1. The number of para-hydroxylation sites is 1. The van der Waals surface area contributed by atoms with E-state index in [2.05, 4.69) is 10.5 Å². The van der Waals surface area contributed by atoms with E-state index in [1.165, 1.54) is 13.0 Å². The minimum Gasteiger partial charge on any atom is -0.484 e. The fraction of sp³-hybridized carbons (Fsp3) is 0.100. The Morgan fingerprint density at radius 1 is 1.20 bits per heavy atom. The Kier molecular flexibility index (Phi) is 6.71. The summed E-state index contributed by atoms with van der Waals surface area (Å²) in [6, 6.07) is 11.7. The van der Waals surface area contributed by atoms with Crippen LogP contribution in [0, 0.1) is 17.0 Å². The van der Waals surface area contributed by atoms with Crippen molar-refractivity contribution in [2.45, 2.75) is 6.92 Å². The predicted octanol–water partition coefficient (Wildman–Crippen LogP) is 5.39. The maximum Gasteiger partial charge on any atom is 0.338 e. The van der Waals surface area contributed by atoms with Gasteiger partial charge in [-0.3, -0.25) is 14.9 Å². The minimum atomic E-state index is -0.538. The van der Waals surface area contributed by atoms with Crippen LogP contribution >= 0.6 is 23.2 Å². The highest BCUT2D eigenvalue weighted by atomic mass is 35.5. The van der Waals surface area contributed by atoms with Crippen molar-refractivity contribution < 1.29 is 19.0 Å². The van der Waals surface area contributed by atoms with Gasteiger partial charge < -0.3 is 14.6 Å². The average molecular weight is 448 g/mol. The van der Waals surface area contributed by atoms with E-state index in [9.17, 15) is 14.9 Å². The maximum atomic E-state index is 12.1. The van der Waals surface area contributed by atoms with Crippen LogP contribution in [-0.2, 0) is 4.79 Å². The molecule has 0 aliphatic rings. The van der Waals surface area contributed by atoms with E-state index < -0.39 is 10.8 Å². The van der Waals surface area contributed by atoms with Gasteiger partial charge in [0, 0.05) is 0 Å². The van der Waals surface area contributed by atoms with Crippen molar-refractivity contribution in [3.63, 3.8) is 0 Å². The summed E-state index contributed by atoms with van der Waals surface area (Å²) in [6.45, 7) is 1.27. The van der Waals surface area contributed by atoms with E-state index in [1.54, 1.807) is 48.5 Å². The number of carbonyl (C=O) groups excluding carboxylic acids is 1. The lowest BCUT2D eigenvalue weighted by molar-refractivity contribution is -0.386. The molecule has 1 aromatic heterocycles. The summed E-state index contributed by atoms with van der Waals surface area (Å²) in [5.74, 6) is 0.115. The Labute approximate surface area is 181 Å². The van der Waals surface area contributed by atoms with Crippen molar-refractivity contribution in [3.05, 3.63) is 79.6 Å². The first kappa shape index (κ1) is 21.4. The molecule has 0 saturated heterocycles. The second-order valence-corrected chi connectivity index (χ2v) is 6.89. The molecule has 0 fully saturated rings. The molecule has 8 nitrogen and oxygen atoms in total. The third-order valence-corrected chi connectivity index (χ3v) is 4.57. The van der Waals surface area contributed by atoms with Crippen LogP contribution in [0.5, 0.6) is 5.75 Å². The second kappa shape index (κ2) is 9.43. The third kappa shape index (κ3) is 5.16. The second-order valence-electron chi connectivity index (χ2n) is 6.07. The highest BCUT2D eigenvalue weighted by Gasteiger charge is 2.21. The van der Waals surface area contributed by atoms with Crippen molar-refractivity contribution in [2.75, 3.05) is 11.9 Å². The van der Waals surface area contributed by atoms with Gasteiger partial charge in [0.15, 0.2) is 12.3 Å². The lowest BCUT2D eigenvalue weighted by atomic mass is 10.2. The number of hydrogen-bond donors (Lipinski definition) is 1. The number of nitrogens with one attached hydrogen (secondary N) is 1. The van der Waals surface area contributed by atoms with Gasteiger partial charge in [0.2, 0.25) is 5.76 Å². The van der Waals surface area contributed by atoms with E-state index in [4.69, 9.17) is 32.5 Å². The maximum absolute atomic E-state index is 12.1. The zero-order valence-electron chi connectivity index (χ0n) is 15.6. The molecule has 0 radical (unpaired) electrons. The molecule has 30 heavy (non-hydrogen) atoms. The van der Waals surface area contributed by atoms with Crippen molar-refractivity contribution in [1.29, 1.82) is 0 Å². The van der Waals surface area contributed by atoms with Crippen LogP contribution in [0.3, 0.4) is 0 Å². The van der Waals surface area contributed by atoms with Gasteiger partial charge in [0.25, 0.3) is 5.91 Å². The number of rotatable bonds is 7. The summed E-state index contributed by atoms with van der Waals surface area (Å²) in [5, 5.41) is 17.9. The summed E-state index contributed by atoms with van der Waals surface area (Å²) < 4.78 is 10.4. The van der Waals surface area contributed by atoms with Gasteiger partial charge in [-0.2, -0.15) is 0 Å². The van der Waals surface area contributed by atoms with Crippen molar-refractivity contribution >= 4 is 52.6 Å². The smallest absolute Gasteiger partial charge is 0.338 e. The van der Waals surface area contributed by atoms with Gasteiger partial charge in [0.1, 0.15) is 5.75 Å². The van der Waals surface area contributed by atoms with Crippen molar-refractivity contribution in [3.8, 4) is 5.75 Å². The number of aryl methyl sites for hydroxylation is 1. The minimum absolute atomic E-state index is 0.0627. The number of halogens is 2. The Morgan fingerprint density at radius 2 is 1.87 bits per heavy atom. The first-order valence-corrected chi connectivity index (χ1v) is 9.36.